The maximum atomic E-state index is 11.0. The van der Waals surface area contributed by atoms with E-state index in [0.717, 1.165) is 34.4 Å². The molecule has 0 fully saturated rings. The summed E-state index contributed by atoms with van der Waals surface area (Å²) in [5.41, 5.74) is 1.96. The molecule has 0 saturated heterocycles. The van der Waals surface area contributed by atoms with Crippen molar-refractivity contribution in [2.24, 2.45) is 0 Å². The Kier molecular flexibility index (Phi) is 4.46. The molecule has 0 aliphatic rings. The number of thiophene rings is 1. The highest BCUT2D eigenvalue weighted by Crippen LogP contribution is 2.22. The van der Waals surface area contributed by atoms with Gasteiger partial charge in [0.15, 0.2) is 0 Å². The van der Waals surface area contributed by atoms with E-state index in [1.807, 2.05) is 18.4 Å². The predicted octanol–water partition coefficient (Wildman–Crippen LogP) is 2.76. The number of nitrogens with one attached hydrogen (secondary N) is 2. The molecular weight excluding hydrogens is 266 g/mol. The Bertz CT molecular complexity index is 533. The van der Waals surface area contributed by atoms with Crippen LogP contribution in [0.2, 0.25) is 0 Å². The Morgan fingerprint density at radius 2 is 2.22 bits per heavy atom. The monoisotopic (exact) mass is 281 g/mol. The summed E-state index contributed by atoms with van der Waals surface area (Å²) in [4.78, 5) is 16.6. The molecule has 0 aliphatic heterocycles. The van der Waals surface area contributed by atoms with Gasteiger partial charge in [0.1, 0.15) is 0 Å². The molecule has 0 aliphatic carbocycles. The van der Waals surface area contributed by atoms with Crippen LogP contribution >= 0.6 is 22.7 Å². The maximum Gasteiger partial charge on any atom is 0.221 e. The summed E-state index contributed by atoms with van der Waals surface area (Å²) in [6.45, 7) is 5.01. The van der Waals surface area contributed by atoms with Gasteiger partial charge in [0.05, 0.1) is 16.4 Å². The predicted molar refractivity (Wildman–Crippen MR) is 76.0 cm³/mol. The summed E-state index contributed by atoms with van der Waals surface area (Å²) in [6, 6.07) is 1.93. The van der Waals surface area contributed by atoms with Gasteiger partial charge in [-0.25, -0.2) is 4.98 Å². The van der Waals surface area contributed by atoms with Crippen molar-refractivity contribution in [3.63, 3.8) is 0 Å². The second kappa shape index (κ2) is 6.08. The number of amides is 1. The quantitative estimate of drug-likeness (QED) is 0.886. The molecule has 18 heavy (non-hydrogen) atoms. The van der Waals surface area contributed by atoms with Crippen LogP contribution < -0.4 is 10.6 Å². The Labute approximate surface area is 114 Å². The van der Waals surface area contributed by atoms with Crippen molar-refractivity contribution < 1.29 is 4.79 Å². The van der Waals surface area contributed by atoms with Gasteiger partial charge in [-0.3, -0.25) is 4.79 Å². The van der Waals surface area contributed by atoms with Crippen LogP contribution in [0.25, 0.3) is 0 Å². The topological polar surface area (TPSA) is 54.0 Å². The molecule has 6 heteroatoms. The number of nitrogens with zero attached hydrogens (tertiary/aromatic N) is 1. The largest absolute Gasteiger partial charge is 0.325 e. The van der Waals surface area contributed by atoms with E-state index in [1.54, 1.807) is 22.7 Å². The van der Waals surface area contributed by atoms with E-state index in [9.17, 15) is 4.79 Å². The first kappa shape index (κ1) is 13.2. The molecule has 0 aromatic carbocycles. The van der Waals surface area contributed by atoms with Crippen molar-refractivity contribution in [3.05, 3.63) is 32.4 Å². The third-order valence-electron chi connectivity index (χ3n) is 2.31. The zero-order valence-electron chi connectivity index (χ0n) is 10.3. The molecule has 0 radical (unpaired) electrons. The molecule has 0 unspecified atom stereocenters. The molecule has 0 atom stereocenters. The van der Waals surface area contributed by atoms with Gasteiger partial charge < -0.3 is 10.6 Å². The first-order valence-electron chi connectivity index (χ1n) is 5.61. The number of carbonyl (C=O) groups excluding carboxylic acids is 1. The fourth-order valence-corrected chi connectivity index (χ4v) is 2.98. The highest BCUT2D eigenvalue weighted by atomic mass is 32.1. The molecule has 0 bridgehead atoms. The van der Waals surface area contributed by atoms with Gasteiger partial charge in [0.25, 0.3) is 0 Å². The highest BCUT2D eigenvalue weighted by Gasteiger charge is 2.05. The summed E-state index contributed by atoms with van der Waals surface area (Å²) in [6.07, 6.45) is 0. The van der Waals surface area contributed by atoms with Crippen LogP contribution in [-0.2, 0) is 17.9 Å². The van der Waals surface area contributed by atoms with Crippen LogP contribution in [0.4, 0.5) is 5.69 Å². The second-order valence-corrected chi connectivity index (χ2v) is 5.96. The van der Waals surface area contributed by atoms with Crippen LogP contribution in [0, 0.1) is 6.92 Å². The lowest BCUT2D eigenvalue weighted by atomic mass is 10.3. The van der Waals surface area contributed by atoms with Crippen LogP contribution in [0.15, 0.2) is 16.8 Å². The Morgan fingerprint density at radius 1 is 1.39 bits per heavy atom. The molecule has 4 nitrogen and oxygen atoms in total. The van der Waals surface area contributed by atoms with Gasteiger partial charge in [-0.1, -0.05) is 0 Å². The average Bonchev–Trinajstić information content (AvgIpc) is 2.88. The third-order valence-corrected chi connectivity index (χ3v) is 4.06. The molecule has 0 spiro atoms. The molecule has 2 rings (SSSR count). The SMILES string of the molecule is CC(=O)Nc1ccsc1CNCc1csc(C)n1. The van der Waals surface area contributed by atoms with E-state index < -0.39 is 0 Å². The molecule has 96 valence electrons. The van der Waals surface area contributed by atoms with E-state index >= 15 is 0 Å². The van der Waals surface area contributed by atoms with E-state index in [2.05, 4.69) is 21.0 Å². The zero-order valence-corrected chi connectivity index (χ0v) is 12.0. The molecule has 2 heterocycles. The lowest BCUT2D eigenvalue weighted by Crippen LogP contribution is -2.14. The Morgan fingerprint density at radius 3 is 2.89 bits per heavy atom. The summed E-state index contributed by atoms with van der Waals surface area (Å²) in [5, 5.41) is 11.3. The number of hydrogen-bond acceptors (Lipinski definition) is 5. The van der Waals surface area contributed by atoms with Crippen molar-refractivity contribution >= 4 is 34.3 Å². The minimum atomic E-state index is -0.0372. The summed E-state index contributed by atoms with van der Waals surface area (Å²) in [7, 11) is 0. The average molecular weight is 281 g/mol. The lowest BCUT2D eigenvalue weighted by molar-refractivity contribution is -0.114. The van der Waals surface area contributed by atoms with Crippen LogP contribution in [-0.4, -0.2) is 10.9 Å². The smallest absolute Gasteiger partial charge is 0.221 e. The van der Waals surface area contributed by atoms with Crippen LogP contribution in [0.1, 0.15) is 22.5 Å². The van der Waals surface area contributed by atoms with E-state index in [1.165, 1.54) is 6.92 Å². The van der Waals surface area contributed by atoms with Crippen molar-refractivity contribution in [3.8, 4) is 0 Å². The fourth-order valence-electron chi connectivity index (χ4n) is 1.57. The van der Waals surface area contributed by atoms with Gasteiger partial charge in [0, 0.05) is 30.3 Å². The van der Waals surface area contributed by atoms with Gasteiger partial charge >= 0.3 is 0 Å². The van der Waals surface area contributed by atoms with E-state index in [4.69, 9.17) is 0 Å². The zero-order chi connectivity index (χ0) is 13.0. The van der Waals surface area contributed by atoms with Crippen LogP contribution in [0.5, 0.6) is 0 Å². The van der Waals surface area contributed by atoms with E-state index in [0.29, 0.717) is 0 Å². The van der Waals surface area contributed by atoms with Gasteiger partial charge in [-0.15, -0.1) is 22.7 Å². The van der Waals surface area contributed by atoms with E-state index in [-0.39, 0.29) is 5.91 Å². The van der Waals surface area contributed by atoms with Crippen LogP contribution in [0.3, 0.4) is 0 Å². The highest BCUT2D eigenvalue weighted by molar-refractivity contribution is 7.10. The molecular formula is C12H15N3OS2. The van der Waals surface area contributed by atoms with Crippen molar-refractivity contribution in [2.75, 3.05) is 5.32 Å². The molecule has 2 N–H and O–H groups in total. The minimum Gasteiger partial charge on any atom is -0.325 e. The first-order valence-corrected chi connectivity index (χ1v) is 7.37. The number of thiazole rings is 1. The van der Waals surface area contributed by atoms with Gasteiger partial charge in [0.2, 0.25) is 5.91 Å². The van der Waals surface area contributed by atoms with Crippen molar-refractivity contribution in [1.82, 2.24) is 10.3 Å². The third kappa shape index (κ3) is 3.63. The molecule has 1 amide bonds. The Balaban J connectivity index is 1.86. The molecule has 2 aromatic heterocycles. The van der Waals surface area contributed by atoms with Crippen molar-refractivity contribution in [1.29, 1.82) is 0 Å². The molecule has 0 saturated carbocycles. The number of carbonyl (C=O) groups is 1. The second-order valence-electron chi connectivity index (χ2n) is 3.90. The first-order chi connectivity index (χ1) is 8.65. The Hall–Kier alpha value is -1.24. The van der Waals surface area contributed by atoms with Gasteiger partial charge in [-0.2, -0.15) is 0 Å². The number of rotatable bonds is 5. The fraction of sp³-hybridized carbons (Fsp3) is 0.333. The minimum absolute atomic E-state index is 0.0372. The standard InChI is InChI=1S/C12H15N3OS2/c1-8(16)14-11-3-4-17-12(11)6-13-5-10-7-18-9(2)15-10/h3-4,7,13H,5-6H2,1-2H3,(H,14,16). The number of aromatic nitrogens is 1. The normalized spacial score (nSPS) is 10.6. The van der Waals surface area contributed by atoms with Crippen molar-refractivity contribution in [2.45, 2.75) is 26.9 Å². The molecule has 2 aromatic rings. The summed E-state index contributed by atoms with van der Waals surface area (Å²) in [5.74, 6) is -0.0372. The number of hydrogen-bond donors (Lipinski definition) is 2. The number of anilines is 1. The lowest BCUT2D eigenvalue weighted by Gasteiger charge is -2.05. The summed E-state index contributed by atoms with van der Waals surface area (Å²) >= 11 is 3.30. The number of aryl methyl sites for hydroxylation is 1. The van der Waals surface area contributed by atoms with Gasteiger partial charge in [-0.05, 0) is 18.4 Å². The maximum absolute atomic E-state index is 11.0. The summed E-state index contributed by atoms with van der Waals surface area (Å²) < 4.78 is 0.